The number of allylic oxidation sites excluding steroid dienone is 2. The van der Waals surface area contributed by atoms with E-state index in [9.17, 15) is 0 Å². The normalized spacial score (nSPS) is 21.2. The molecule has 2 aromatic carbocycles. The topological polar surface area (TPSA) is 0 Å². The first kappa shape index (κ1) is 14.7. The van der Waals surface area contributed by atoms with Crippen molar-refractivity contribution in [3.63, 3.8) is 0 Å². The van der Waals surface area contributed by atoms with E-state index in [0.29, 0.717) is 11.1 Å². The Bertz CT molecular complexity index is 656. The minimum Gasteiger partial charge on any atom is -0.0793 e. The molecule has 0 aromatic heterocycles. The number of benzene rings is 2. The van der Waals surface area contributed by atoms with Crippen LogP contribution in [0.3, 0.4) is 0 Å². The second-order valence-corrected chi connectivity index (χ2v) is 8.41. The summed E-state index contributed by atoms with van der Waals surface area (Å²) < 4.78 is 0. The van der Waals surface area contributed by atoms with Crippen molar-refractivity contribution in [2.24, 2.45) is 0 Å². The van der Waals surface area contributed by atoms with Crippen LogP contribution in [0.5, 0.6) is 0 Å². The van der Waals surface area contributed by atoms with Crippen molar-refractivity contribution in [2.45, 2.75) is 17.6 Å². The molecule has 0 spiro atoms. The van der Waals surface area contributed by atoms with Gasteiger partial charge in [-0.15, -0.1) is 0 Å². The third-order valence-electron chi connectivity index (χ3n) is 4.58. The number of rotatable bonds is 2. The largest absolute Gasteiger partial charge is 1.00 e. The summed E-state index contributed by atoms with van der Waals surface area (Å²) in [4.78, 5) is 0. The third kappa shape index (κ3) is 2.40. The summed E-state index contributed by atoms with van der Waals surface area (Å²) in [5, 5.41) is 0. The van der Waals surface area contributed by atoms with Crippen LogP contribution >= 0.6 is 0 Å². The Morgan fingerprint density at radius 3 is 1.62 bits per heavy atom. The van der Waals surface area contributed by atoms with Crippen LogP contribution in [-0.4, -0.2) is 8.80 Å². The molecule has 0 bridgehead atoms. The van der Waals surface area contributed by atoms with Gasteiger partial charge in [-0.25, -0.2) is 0 Å². The van der Waals surface area contributed by atoms with Crippen molar-refractivity contribution in [1.82, 2.24) is 0 Å². The van der Waals surface area contributed by atoms with E-state index in [1.165, 1.54) is 22.3 Å². The molecular formula is C19H17LiSi+. The van der Waals surface area contributed by atoms with E-state index < -0.39 is 8.80 Å². The molecular weight excluding hydrogens is 263 g/mol. The number of hydrogen-bond acceptors (Lipinski definition) is 0. The van der Waals surface area contributed by atoms with E-state index in [2.05, 4.69) is 79.4 Å². The third-order valence-corrected chi connectivity index (χ3v) is 7.55. The van der Waals surface area contributed by atoms with Crippen LogP contribution in [0.25, 0.3) is 12.2 Å². The van der Waals surface area contributed by atoms with Crippen molar-refractivity contribution in [3.8, 4) is 0 Å². The molecule has 2 atom stereocenters. The van der Waals surface area contributed by atoms with E-state index in [1.54, 1.807) is 0 Å². The summed E-state index contributed by atoms with van der Waals surface area (Å²) in [6.45, 7) is 2.48. The molecule has 4 rings (SSSR count). The maximum atomic E-state index is 2.48. The molecule has 0 N–H and O–H groups in total. The Labute approximate surface area is 140 Å². The van der Waals surface area contributed by atoms with Crippen LogP contribution in [-0.2, 0) is 0 Å². The summed E-state index contributed by atoms with van der Waals surface area (Å²) >= 11 is 0. The van der Waals surface area contributed by atoms with Crippen molar-refractivity contribution >= 4 is 20.9 Å². The summed E-state index contributed by atoms with van der Waals surface area (Å²) in [6.07, 6.45) is 9.46. The van der Waals surface area contributed by atoms with Crippen molar-refractivity contribution in [2.75, 3.05) is 0 Å². The van der Waals surface area contributed by atoms with Gasteiger partial charge in [-0.1, -0.05) is 79.4 Å². The second-order valence-electron chi connectivity index (χ2n) is 5.68. The fraction of sp³-hybridized carbons (Fsp3) is 0.158. The minimum atomic E-state index is -0.542. The molecule has 2 unspecified atom stereocenters. The summed E-state index contributed by atoms with van der Waals surface area (Å²) in [5.74, 6) is 0. The first-order valence-electron chi connectivity index (χ1n) is 7.22. The molecule has 0 aliphatic heterocycles. The Balaban J connectivity index is 0.00000132. The van der Waals surface area contributed by atoms with Gasteiger partial charge in [-0.3, -0.25) is 0 Å². The molecule has 0 fully saturated rings. The van der Waals surface area contributed by atoms with E-state index in [4.69, 9.17) is 0 Å². The standard InChI is InChI=1S/C19H17Si.Li/c1-20(18-12-10-14-6-2-4-8-16(14)18)19-13-11-15-7-3-5-9-17(15)19;/h2-13,18-19H,1H3;/q;+1. The monoisotopic (exact) mass is 280 g/mol. The van der Waals surface area contributed by atoms with Crippen molar-refractivity contribution in [1.29, 1.82) is 0 Å². The Kier molecular flexibility index (Phi) is 4.09. The first-order valence-corrected chi connectivity index (χ1v) is 9.37. The minimum absolute atomic E-state index is 0. The quantitative estimate of drug-likeness (QED) is 0.736. The molecule has 0 heterocycles. The van der Waals surface area contributed by atoms with Crippen LogP contribution in [0.1, 0.15) is 33.3 Å². The average Bonchev–Trinajstić information content (AvgIpc) is 3.11. The smallest absolute Gasteiger partial charge is 0.0793 e. The molecule has 0 amide bonds. The SMILES string of the molecule is C[Si](C1C=Cc2ccccc21)C1C=Cc2ccccc21.[Li+]. The van der Waals surface area contributed by atoms with Gasteiger partial charge < -0.3 is 0 Å². The molecule has 0 saturated carbocycles. The molecule has 0 saturated heterocycles. The predicted molar refractivity (Wildman–Crippen MR) is 88.1 cm³/mol. The van der Waals surface area contributed by atoms with Crippen molar-refractivity contribution < 1.29 is 18.9 Å². The Morgan fingerprint density at radius 2 is 1.14 bits per heavy atom. The molecule has 0 nitrogen and oxygen atoms in total. The number of fused-ring (bicyclic) bond motifs is 2. The fourth-order valence-corrected chi connectivity index (χ4v) is 6.18. The summed E-state index contributed by atoms with van der Waals surface area (Å²) in [7, 11) is -0.542. The van der Waals surface area contributed by atoms with Crippen molar-refractivity contribution in [3.05, 3.63) is 82.9 Å². The van der Waals surface area contributed by atoms with Gasteiger partial charge in [0.25, 0.3) is 0 Å². The van der Waals surface area contributed by atoms with Crippen LogP contribution in [0.4, 0.5) is 0 Å². The molecule has 21 heavy (non-hydrogen) atoms. The van der Waals surface area contributed by atoms with E-state index in [0.717, 1.165) is 0 Å². The summed E-state index contributed by atoms with van der Waals surface area (Å²) in [6, 6.07) is 17.7. The molecule has 2 heteroatoms. The zero-order chi connectivity index (χ0) is 13.5. The molecule has 2 aliphatic carbocycles. The van der Waals surface area contributed by atoms with Gasteiger partial charge >= 0.3 is 18.9 Å². The molecule has 2 aromatic rings. The van der Waals surface area contributed by atoms with Crippen LogP contribution in [0, 0.1) is 0 Å². The Hall–Kier alpha value is -1.27. The van der Waals surface area contributed by atoms with Gasteiger partial charge in [-0.05, 0) is 33.3 Å². The zero-order valence-corrected chi connectivity index (χ0v) is 13.6. The van der Waals surface area contributed by atoms with Gasteiger partial charge in [0, 0.05) is 0 Å². The van der Waals surface area contributed by atoms with Crippen LogP contribution in [0.15, 0.2) is 60.7 Å². The maximum absolute atomic E-state index is 2.48. The van der Waals surface area contributed by atoms with Crippen LogP contribution in [0.2, 0.25) is 6.55 Å². The van der Waals surface area contributed by atoms with Gasteiger partial charge in [-0.2, -0.15) is 0 Å². The van der Waals surface area contributed by atoms with Crippen LogP contribution < -0.4 is 18.9 Å². The average molecular weight is 280 g/mol. The van der Waals surface area contributed by atoms with E-state index >= 15 is 0 Å². The first-order chi connectivity index (χ1) is 9.84. The fourth-order valence-electron chi connectivity index (χ4n) is 3.49. The maximum Gasteiger partial charge on any atom is 1.00 e. The molecule has 1 radical (unpaired) electrons. The number of hydrogen-bond donors (Lipinski definition) is 0. The van der Waals surface area contributed by atoms with Gasteiger partial charge in [0.1, 0.15) is 0 Å². The Morgan fingerprint density at radius 1 is 0.714 bits per heavy atom. The zero-order valence-electron chi connectivity index (χ0n) is 12.6. The van der Waals surface area contributed by atoms with E-state index in [1.807, 2.05) is 0 Å². The van der Waals surface area contributed by atoms with Gasteiger partial charge in [0.15, 0.2) is 0 Å². The predicted octanol–water partition coefficient (Wildman–Crippen LogP) is 1.81. The van der Waals surface area contributed by atoms with Gasteiger partial charge in [0.2, 0.25) is 0 Å². The van der Waals surface area contributed by atoms with E-state index in [-0.39, 0.29) is 18.9 Å². The van der Waals surface area contributed by atoms with Gasteiger partial charge in [0.05, 0.1) is 8.80 Å². The molecule has 2 aliphatic rings. The second kappa shape index (κ2) is 5.85. The summed E-state index contributed by atoms with van der Waals surface area (Å²) in [5.41, 5.74) is 7.16. The molecule has 97 valence electrons.